The van der Waals surface area contributed by atoms with E-state index >= 15 is 0 Å². The first-order valence-corrected chi connectivity index (χ1v) is 24.8. The van der Waals surface area contributed by atoms with Crippen LogP contribution < -0.4 is 0 Å². The van der Waals surface area contributed by atoms with E-state index < -0.39 is 72.8 Å². The fraction of sp³-hybridized carbons (Fsp3) is 0.383. The molecule has 0 amide bonds. The molecule has 6 aromatic carbocycles. The quantitative estimate of drug-likeness (QED) is 0.0537. The number of rotatable bonds is 24. The van der Waals surface area contributed by atoms with Gasteiger partial charge >= 0.3 is 5.97 Å². The summed E-state index contributed by atoms with van der Waals surface area (Å²) in [5.41, 5.74) is 4.82. The van der Waals surface area contributed by atoms with Gasteiger partial charge < -0.3 is 52.1 Å². The number of carbonyl (C=O) groups is 1. The van der Waals surface area contributed by atoms with Crippen LogP contribution in [0.3, 0.4) is 0 Å². The van der Waals surface area contributed by atoms with Crippen LogP contribution >= 0.6 is 0 Å². The molecular formula is C60H68O12. The van der Waals surface area contributed by atoms with Crippen LogP contribution in [0.25, 0.3) is 0 Å². The molecule has 72 heavy (non-hydrogen) atoms. The molecule has 10 atom stereocenters. The lowest BCUT2D eigenvalue weighted by Gasteiger charge is -2.50. The maximum atomic E-state index is 14.3. The molecule has 8 rings (SSSR count). The molecule has 12 nitrogen and oxygen atoms in total. The zero-order valence-electron chi connectivity index (χ0n) is 41.6. The molecule has 0 N–H and O–H groups in total. The van der Waals surface area contributed by atoms with E-state index in [0.717, 1.165) is 33.4 Å². The van der Waals surface area contributed by atoms with E-state index in [9.17, 15) is 4.79 Å². The maximum Gasteiger partial charge on any atom is 0.311 e. The molecule has 2 saturated heterocycles. The Bertz CT molecular complexity index is 2440. The molecule has 2 aliphatic rings. The van der Waals surface area contributed by atoms with Crippen molar-refractivity contribution in [3.63, 3.8) is 0 Å². The summed E-state index contributed by atoms with van der Waals surface area (Å²) in [6.45, 7) is 7.11. The summed E-state index contributed by atoms with van der Waals surface area (Å²) in [4.78, 5) is 14.3. The van der Waals surface area contributed by atoms with Crippen LogP contribution in [-0.4, -0.2) is 87.7 Å². The molecule has 10 unspecified atom stereocenters. The summed E-state index contributed by atoms with van der Waals surface area (Å²) >= 11 is 0. The number of ether oxygens (including phenoxy) is 11. The highest BCUT2D eigenvalue weighted by atomic mass is 16.8. The van der Waals surface area contributed by atoms with Crippen molar-refractivity contribution < 1.29 is 56.9 Å². The SMILES string of the molecule is COC1OC(COCc2ccccc2)C(OCc2ccccc2)C(OCc2ccccc2)C1OC1OC(COCc2ccccc2)C(OCc2ccccc2)C(OCc2ccccc2)C1OC(=O)C(C)(C)C. The molecule has 6 aromatic rings. The summed E-state index contributed by atoms with van der Waals surface area (Å²) in [5.74, 6) is -0.488. The van der Waals surface area contributed by atoms with Crippen molar-refractivity contribution >= 4 is 5.97 Å². The summed E-state index contributed by atoms with van der Waals surface area (Å²) in [7, 11) is 1.56. The van der Waals surface area contributed by atoms with Crippen LogP contribution in [0.4, 0.5) is 0 Å². The van der Waals surface area contributed by atoms with E-state index in [1.807, 2.05) is 182 Å². The predicted octanol–water partition coefficient (Wildman–Crippen LogP) is 10.2. The Hall–Kier alpha value is -5.61. The Morgan fingerprint density at radius 1 is 0.403 bits per heavy atom. The minimum Gasteiger partial charge on any atom is -0.454 e. The normalized spacial score (nSPS) is 24.4. The molecule has 2 heterocycles. The third kappa shape index (κ3) is 15.2. The first kappa shape index (κ1) is 52.7. The van der Waals surface area contributed by atoms with Gasteiger partial charge in [-0.15, -0.1) is 0 Å². The fourth-order valence-electron chi connectivity index (χ4n) is 8.63. The maximum absolute atomic E-state index is 14.3. The van der Waals surface area contributed by atoms with Gasteiger partial charge in [-0.05, 0) is 54.2 Å². The molecule has 2 aliphatic heterocycles. The van der Waals surface area contributed by atoms with Crippen molar-refractivity contribution in [2.45, 2.75) is 122 Å². The van der Waals surface area contributed by atoms with Gasteiger partial charge in [0, 0.05) is 7.11 Å². The van der Waals surface area contributed by atoms with E-state index in [0.29, 0.717) is 13.2 Å². The van der Waals surface area contributed by atoms with Crippen molar-refractivity contribution in [3.05, 3.63) is 215 Å². The fourth-order valence-corrected chi connectivity index (χ4v) is 8.63. The Kier molecular flexibility index (Phi) is 19.7. The van der Waals surface area contributed by atoms with Crippen molar-refractivity contribution in [3.8, 4) is 0 Å². The van der Waals surface area contributed by atoms with Gasteiger partial charge in [0.05, 0.1) is 58.3 Å². The summed E-state index contributed by atoms with van der Waals surface area (Å²) in [6.07, 6.45) is -9.42. The van der Waals surface area contributed by atoms with Crippen LogP contribution in [-0.2, 0) is 96.5 Å². The number of benzene rings is 6. The van der Waals surface area contributed by atoms with Crippen LogP contribution in [0.15, 0.2) is 182 Å². The molecule has 0 aromatic heterocycles. The number of methoxy groups -OCH3 is 1. The molecule has 380 valence electrons. The minimum atomic E-state index is -1.30. The average Bonchev–Trinajstić information content (AvgIpc) is 3.41. The molecule has 0 spiro atoms. The molecule has 0 bridgehead atoms. The second-order valence-electron chi connectivity index (χ2n) is 19.1. The molecule has 2 fully saturated rings. The molecule has 0 saturated carbocycles. The van der Waals surface area contributed by atoms with E-state index in [4.69, 9.17) is 52.1 Å². The predicted molar refractivity (Wildman–Crippen MR) is 271 cm³/mol. The number of carbonyl (C=O) groups excluding carboxylic acids is 1. The van der Waals surface area contributed by atoms with E-state index in [1.165, 1.54) is 0 Å². The highest BCUT2D eigenvalue weighted by Gasteiger charge is 2.55. The summed E-state index contributed by atoms with van der Waals surface area (Å²) in [6, 6.07) is 59.4. The van der Waals surface area contributed by atoms with Crippen molar-refractivity contribution in [2.75, 3.05) is 20.3 Å². The Morgan fingerprint density at radius 3 is 1.04 bits per heavy atom. The number of hydrogen-bond donors (Lipinski definition) is 0. The lowest BCUT2D eigenvalue weighted by atomic mass is 9.94. The number of esters is 1. The monoisotopic (exact) mass is 980 g/mol. The van der Waals surface area contributed by atoms with Gasteiger partial charge in [-0.25, -0.2) is 0 Å². The first-order valence-electron chi connectivity index (χ1n) is 24.8. The summed E-state index contributed by atoms with van der Waals surface area (Å²) in [5, 5.41) is 0. The van der Waals surface area contributed by atoms with Gasteiger partial charge in [0.2, 0.25) is 0 Å². The van der Waals surface area contributed by atoms with E-state index in [1.54, 1.807) is 27.9 Å². The Labute approximate surface area is 424 Å². The van der Waals surface area contributed by atoms with Crippen molar-refractivity contribution in [1.82, 2.24) is 0 Å². The third-order valence-electron chi connectivity index (χ3n) is 12.5. The van der Waals surface area contributed by atoms with Crippen LogP contribution in [0.2, 0.25) is 0 Å². The molecule has 12 heteroatoms. The van der Waals surface area contributed by atoms with Gasteiger partial charge in [-0.2, -0.15) is 0 Å². The van der Waals surface area contributed by atoms with Gasteiger partial charge in [0.15, 0.2) is 18.7 Å². The Morgan fingerprint density at radius 2 is 0.708 bits per heavy atom. The van der Waals surface area contributed by atoms with Gasteiger partial charge in [-0.1, -0.05) is 182 Å². The standard InChI is InChI=1S/C60H68O12/c1-60(2,3)59(61)72-56-54(68-40-48-33-21-10-22-34-48)52(66-38-46-29-17-8-18-30-46)50(42-64-36-44-25-13-6-14-26-44)70-58(56)71-55-53(67-39-47-31-19-9-20-32-47)51(65-37-45-27-15-7-16-28-45)49(69-57(55)62-4)41-63-35-43-23-11-5-12-24-43/h5-34,49-58H,35-42H2,1-4H3. The van der Waals surface area contributed by atoms with E-state index in [-0.39, 0.29) is 39.6 Å². The van der Waals surface area contributed by atoms with Crippen molar-refractivity contribution in [2.24, 2.45) is 5.41 Å². The second kappa shape index (κ2) is 26.9. The summed E-state index contributed by atoms with van der Waals surface area (Å²) < 4.78 is 74.5. The largest absolute Gasteiger partial charge is 0.454 e. The van der Waals surface area contributed by atoms with Crippen LogP contribution in [0.1, 0.15) is 54.2 Å². The highest BCUT2D eigenvalue weighted by molar-refractivity contribution is 5.75. The lowest BCUT2D eigenvalue weighted by molar-refractivity contribution is -0.378. The van der Waals surface area contributed by atoms with Gasteiger partial charge in [0.25, 0.3) is 0 Å². The second-order valence-corrected chi connectivity index (χ2v) is 19.1. The Balaban J connectivity index is 1.18. The van der Waals surface area contributed by atoms with Gasteiger partial charge in [0.1, 0.15) is 42.7 Å². The average molecular weight is 981 g/mol. The van der Waals surface area contributed by atoms with E-state index in [2.05, 4.69) is 0 Å². The third-order valence-corrected chi connectivity index (χ3v) is 12.5. The van der Waals surface area contributed by atoms with Crippen molar-refractivity contribution in [1.29, 1.82) is 0 Å². The van der Waals surface area contributed by atoms with Crippen LogP contribution in [0.5, 0.6) is 0 Å². The highest BCUT2D eigenvalue weighted by Crippen LogP contribution is 2.37. The molecule has 0 radical (unpaired) electrons. The smallest absolute Gasteiger partial charge is 0.311 e. The molecule has 0 aliphatic carbocycles. The lowest BCUT2D eigenvalue weighted by Crippen LogP contribution is -2.66. The van der Waals surface area contributed by atoms with Crippen LogP contribution in [0, 0.1) is 5.41 Å². The zero-order chi connectivity index (χ0) is 50.0. The zero-order valence-corrected chi connectivity index (χ0v) is 41.6. The topological polar surface area (TPSA) is 119 Å². The minimum absolute atomic E-state index is 0.0752. The molecular weight excluding hydrogens is 913 g/mol. The van der Waals surface area contributed by atoms with Gasteiger partial charge in [-0.3, -0.25) is 4.79 Å². The first-order chi connectivity index (χ1) is 35.2. The number of hydrogen-bond acceptors (Lipinski definition) is 12.